The number of nitrogens with zero attached hydrogens (tertiary/aromatic N) is 2. The first-order chi connectivity index (χ1) is 16.4. The molecule has 2 aromatic carbocycles. The number of morpholine rings is 1. The first-order valence-corrected chi connectivity index (χ1v) is 12.1. The summed E-state index contributed by atoms with van der Waals surface area (Å²) in [6.45, 7) is 3.40. The van der Waals surface area contributed by atoms with E-state index >= 15 is 0 Å². The molecule has 0 bridgehead atoms. The standard InChI is InChI=1S/C25H27Cl2FN2O4/c26-20-2-1-3-21(27)23(20)24(32)30-10-8-25(9-11-30,16-22(31)29-12-14-33-15-13-29)17-34-19-6-4-18(28)5-7-19/h1-7H,8-17H2. The van der Waals surface area contributed by atoms with Crippen LogP contribution in [0.5, 0.6) is 5.75 Å². The van der Waals surface area contributed by atoms with Crippen molar-refractivity contribution in [2.75, 3.05) is 46.0 Å². The maximum atomic E-state index is 13.3. The quantitative estimate of drug-likeness (QED) is 0.568. The van der Waals surface area contributed by atoms with Crippen molar-refractivity contribution in [2.45, 2.75) is 19.3 Å². The highest BCUT2D eigenvalue weighted by atomic mass is 35.5. The highest BCUT2D eigenvalue weighted by Gasteiger charge is 2.40. The molecule has 2 aromatic rings. The number of ether oxygens (including phenoxy) is 2. The summed E-state index contributed by atoms with van der Waals surface area (Å²) in [6, 6.07) is 10.8. The number of benzene rings is 2. The zero-order chi connectivity index (χ0) is 24.1. The van der Waals surface area contributed by atoms with Gasteiger partial charge in [0.05, 0.1) is 35.4 Å². The van der Waals surface area contributed by atoms with Crippen LogP contribution in [0.15, 0.2) is 42.5 Å². The molecule has 0 radical (unpaired) electrons. The van der Waals surface area contributed by atoms with Crippen LogP contribution in [0.25, 0.3) is 0 Å². The van der Waals surface area contributed by atoms with Gasteiger partial charge in [0.2, 0.25) is 5.91 Å². The van der Waals surface area contributed by atoms with Gasteiger partial charge in [-0.3, -0.25) is 9.59 Å². The number of amides is 2. The van der Waals surface area contributed by atoms with Crippen LogP contribution in [0.3, 0.4) is 0 Å². The lowest BCUT2D eigenvalue weighted by atomic mass is 9.75. The summed E-state index contributed by atoms with van der Waals surface area (Å²) >= 11 is 12.5. The maximum Gasteiger partial charge on any atom is 0.256 e. The van der Waals surface area contributed by atoms with Gasteiger partial charge in [0, 0.05) is 38.0 Å². The summed E-state index contributed by atoms with van der Waals surface area (Å²) in [7, 11) is 0. The van der Waals surface area contributed by atoms with Crippen molar-refractivity contribution in [3.05, 3.63) is 63.9 Å². The molecule has 6 nitrogen and oxygen atoms in total. The summed E-state index contributed by atoms with van der Waals surface area (Å²) in [5, 5.41) is 0.632. The topological polar surface area (TPSA) is 59.1 Å². The minimum atomic E-state index is -0.454. The van der Waals surface area contributed by atoms with Gasteiger partial charge in [0.1, 0.15) is 11.6 Å². The van der Waals surface area contributed by atoms with Crippen molar-refractivity contribution in [3.63, 3.8) is 0 Å². The van der Waals surface area contributed by atoms with E-state index in [1.807, 2.05) is 4.90 Å². The monoisotopic (exact) mass is 508 g/mol. The number of hydrogen-bond donors (Lipinski definition) is 0. The van der Waals surface area contributed by atoms with Crippen molar-refractivity contribution < 1.29 is 23.5 Å². The van der Waals surface area contributed by atoms with Crippen LogP contribution in [0.4, 0.5) is 4.39 Å². The SMILES string of the molecule is O=C(CC1(COc2ccc(F)cc2)CCN(C(=O)c2c(Cl)cccc2Cl)CC1)N1CCOCC1. The fourth-order valence-electron chi connectivity index (χ4n) is 4.43. The number of carbonyl (C=O) groups excluding carboxylic acids is 2. The highest BCUT2D eigenvalue weighted by molar-refractivity contribution is 6.39. The van der Waals surface area contributed by atoms with E-state index in [1.165, 1.54) is 12.1 Å². The lowest BCUT2D eigenvalue weighted by molar-refractivity contribution is -0.139. The molecule has 34 heavy (non-hydrogen) atoms. The van der Waals surface area contributed by atoms with Crippen LogP contribution < -0.4 is 4.74 Å². The van der Waals surface area contributed by atoms with Gasteiger partial charge in [0.15, 0.2) is 0 Å². The van der Waals surface area contributed by atoms with E-state index in [0.717, 1.165) is 0 Å². The van der Waals surface area contributed by atoms with Crippen molar-refractivity contribution >= 4 is 35.0 Å². The molecule has 0 aromatic heterocycles. The largest absolute Gasteiger partial charge is 0.493 e. The number of piperidine rings is 1. The molecular weight excluding hydrogens is 482 g/mol. The molecule has 2 saturated heterocycles. The molecular formula is C25H27Cl2FN2O4. The molecule has 2 heterocycles. The molecule has 0 aliphatic carbocycles. The normalized spacial score (nSPS) is 18.0. The van der Waals surface area contributed by atoms with E-state index in [-0.39, 0.29) is 17.6 Å². The number of carbonyl (C=O) groups is 2. The fraction of sp³-hybridized carbons (Fsp3) is 0.440. The summed E-state index contributed by atoms with van der Waals surface area (Å²) in [5.74, 6) is 0.0404. The molecule has 0 N–H and O–H groups in total. The number of halogens is 3. The fourth-order valence-corrected chi connectivity index (χ4v) is 4.99. The van der Waals surface area contributed by atoms with Crippen LogP contribution in [-0.4, -0.2) is 67.6 Å². The summed E-state index contributed by atoms with van der Waals surface area (Å²) in [5.41, 5.74) is -0.157. The van der Waals surface area contributed by atoms with Gasteiger partial charge >= 0.3 is 0 Å². The Balaban J connectivity index is 1.47. The lowest BCUT2D eigenvalue weighted by Gasteiger charge is -2.42. The molecule has 2 aliphatic rings. The molecule has 0 unspecified atom stereocenters. The van der Waals surface area contributed by atoms with E-state index in [4.69, 9.17) is 32.7 Å². The van der Waals surface area contributed by atoms with Crippen LogP contribution in [0.2, 0.25) is 10.0 Å². The molecule has 182 valence electrons. The Labute approximate surface area is 208 Å². The third kappa shape index (κ3) is 5.82. The smallest absolute Gasteiger partial charge is 0.256 e. The summed E-state index contributed by atoms with van der Waals surface area (Å²) in [4.78, 5) is 29.8. The minimum Gasteiger partial charge on any atom is -0.493 e. The molecule has 2 aliphatic heterocycles. The molecule has 0 atom stereocenters. The van der Waals surface area contributed by atoms with Crippen molar-refractivity contribution in [2.24, 2.45) is 5.41 Å². The second kappa shape index (κ2) is 10.9. The first-order valence-electron chi connectivity index (χ1n) is 11.3. The van der Waals surface area contributed by atoms with Gasteiger partial charge < -0.3 is 19.3 Å². The molecule has 0 saturated carbocycles. The summed E-state index contributed by atoms with van der Waals surface area (Å²) in [6.07, 6.45) is 1.47. The van der Waals surface area contributed by atoms with E-state index in [0.29, 0.717) is 86.6 Å². The third-order valence-corrected chi connectivity index (χ3v) is 7.17. The molecule has 9 heteroatoms. The average molecular weight is 509 g/mol. The van der Waals surface area contributed by atoms with E-state index < -0.39 is 5.41 Å². The highest BCUT2D eigenvalue weighted by Crippen LogP contribution is 2.38. The second-order valence-corrected chi connectivity index (χ2v) is 9.62. The van der Waals surface area contributed by atoms with Gasteiger partial charge in [0.25, 0.3) is 5.91 Å². The van der Waals surface area contributed by atoms with Crippen LogP contribution in [0.1, 0.15) is 29.6 Å². The van der Waals surface area contributed by atoms with Crippen molar-refractivity contribution in [1.29, 1.82) is 0 Å². The average Bonchev–Trinajstić information content (AvgIpc) is 2.84. The predicted octanol–water partition coefficient (Wildman–Crippen LogP) is 4.68. The van der Waals surface area contributed by atoms with E-state index in [1.54, 1.807) is 35.2 Å². The minimum absolute atomic E-state index is 0.0555. The first kappa shape index (κ1) is 24.8. The second-order valence-electron chi connectivity index (χ2n) is 8.80. The zero-order valence-electron chi connectivity index (χ0n) is 18.8. The summed E-state index contributed by atoms with van der Waals surface area (Å²) < 4.78 is 24.6. The van der Waals surface area contributed by atoms with Gasteiger partial charge in [-0.05, 0) is 49.2 Å². The molecule has 4 rings (SSSR count). The third-order valence-electron chi connectivity index (χ3n) is 6.54. The number of rotatable bonds is 6. The maximum absolute atomic E-state index is 13.3. The number of hydrogen-bond acceptors (Lipinski definition) is 4. The molecule has 2 amide bonds. The van der Waals surface area contributed by atoms with E-state index in [2.05, 4.69) is 0 Å². The van der Waals surface area contributed by atoms with E-state index in [9.17, 15) is 14.0 Å². The molecule has 2 fully saturated rings. The Bertz CT molecular complexity index is 1000. The number of likely N-dealkylation sites (tertiary alicyclic amines) is 1. The lowest BCUT2D eigenvalue weighted by Crippen LogP contribution is -2.49. The van der Waals surface area contributed by atoms with Crippen LogP contribution >= 0.6 is 23.2 Å². The zero-order valence-corrected chi connectivity index (χ0v) is 20.3. The predicted molar refractivity (Wildman–Crippen MR) is 128 cm³/mol. The van der Waals surface area contributed by atoms with Gasteiger partial charge in [-0.2, -0.15) is 0 Å². The Hall–Kier alpha value is -2.35. The van der Waals surface area contributed by atoms with Crippen LogP contribution in [0, 0.1) is 11.2 Å². The van der Waals surface area contributed by atoms with Crippen molar-refractivity contribution in [1.82, 2.24) is 9.80 Å². The van der Waals surface area contributed by atoms with Gasteiger partial charge in [-0.25, -0.2) is 4.39 Å². The van der Waals surface area contributed by atoms with Gasteiger partial charge in [-0.1, -0.05) is 29.3 Å². The molecule has 0 spiro atoms. The Morgan fingerprint density at radius 3 is 2.18 bits per heavy atom. The van der Waals surface area contributed by atoms with Crippen LogP contribution in [-0.2, 0) is 9.53 Å². The Morgan fingerprint density at radius 1 is 0.941 bits per heavy atom. The Morgan fingerprint density at radius 2 is 1.56 bits per heavy atom. The van der Waals surface area contributed by atoms with Gasteiger partial charge in [-0.15, -0.1) is 0 Å². The van der Waals surface area contributed by atoms with Crippen molar-refractivity contribution in [3.8, 4) is 5.75 Å². The Kier molecular flexibility index (Phi) is 7.96.